The van der Waals surface area contributed by atoms with Crippen molar-refractivity contribution >= 4 is 11.3 Å². The minimum absolute atomic E-state index is 0.708. The van der Waals surface area contributed by atoms with Crippen molar-refractivity contribution in [2.45, 2.75) is 26.8 Å². The van der Waals surface area contributed by atoms with Crippen molar-refractivity contribution in [1.82, 2.24) is 10.3 Å². The molecule has 0 saturated carbocycles. The van der Waals surface area contributed by atoms with Gasteiger partial charge in [-0.15, -0.1) is 11.3 Å². The number of rotatable bonds is 5. The highest BCUT2D eigenvalue weighted by atomic mass is 32.1. The van der Waals surface area contributed by atoms with Crippen molar-refractivity contribution in [1.29, 1.82) is 5.26 Å². The first kappa shape index (κ1) is 13.7. The number of nitriles is 1. The predicted molar refractivity (Wildman–Crippen MR) is 78.2 cm³/mol. The summed E-state index contributed by atoms with van der Waals surface area (Å²) in [5.41, 5.74) is 3.07. The van der Waals surface area contributed by atoms with E-state index in [1.165, 1.54) is 10.4 Å². The number of thiazole rings is 1. The Hall–Kier alpha value is -1.70. The summed E-state index contributed by atoms with van der Waals surface area (Å²) in [6.45, 7) is 5.90. The van der Waals surface area contributed by atoms with Gasteiger partial charge in [-0.1, -0.05) is 12.1 Å². The molecule has 0 atom stereocenters. The molecule has 0 amide bonds. The van der Waals surface area contributed by atoms with Gasteiger partial charge in [0, 0.05) is 18.0 Å². The average molecular weight is 271 g/mol. The van der Waals surface area contributed by atoms with Crippen molar-refractivity contribution in [2.75, 3.05) is 6.54 Å². The van der Waals surface area contributed by atoms with Crippen LogP contribution >= 0.6 is 11.3 Å². The summed E-state index contributed by atoms with van der Waals surface area (Å²) >= 11 is 1.78. The van der Waals surface area contributed by atoms with Crippen LogP contribution in [0.3, 0.4) is 0 Å². The molecule has 0 bridgehead atoms. The minimum atomic E-state index is 0.708. The zero-order valence-corrected chi connectivity index (χ0v) is 12.0. The Bertz CT molecular complexity index is 578. The molecule has 0 aliphatic heterocycles. The van der Waals surface area contributed by atoms with E-state index in [9.17, 15) is 0 Å². The molecule has 0 aliphatic rings. The summed E-state index contributed by atoms with van der Waals surface area (Å²) in [6.07, 6.45) is 1.02. The number of benzene rings is 1. The molecule has 2 rings (SSSR count). The lowest BCUT2D eigenvalue weighted by Gasteiger charge is -2.04. The number of hydrogen-bond acceptors (Lipinski definition) is 4. The maximum absolute atomic E-state index is 8.73. The molecule has 0 saturated heterocycles. The molecule has 0 spiro atoms. The maximum Gasteiger partial charge on any atom is 0.0991 e. The highest BCUT2D eigenvalue weighted by molar-refractivity contribution is 7.11. The third-order valence-electron chi connectivity index (χ3n) is 2.94. The van der Waals surface area contributed by atoms with Crippen molar-refractivity contribution in [3.63, 3.8) is 0 Å². The topological polar surface area (TPSA) is 48.7 Å². The Labute approximate surface area is 117 Å². The molecule has 2 aromatic rings. The van der Waals surface area contributed by atoms with Crippen LogP contribution in [0.25, 0.3) is 0 Å². The molecule has 0 aliphatic carbocycles. The molecule has 0 radical (unpaired) electrons. The van der Waals surface area contributed by atoms with Crippen LogP contribution < -0.4 is 5.32 Å². The van der Waals surface area contributed by atoms with Gasteiger partial charge in [0.2, 0.25) is 0 Å². The Morgan fingerprint density at radius 3 is 2.58 bits per heavy atom. The van der Waals surface area contributed by atoms with Gasteiger partial charge in [-0.2, -0.15) is 5.26 Å². The summed E-state index contributed by atoms with van der Waals surface area (Å²) in [6, 6.07) is 9.82. The largest absolute Gasteiger partial charge is 0.312 e. The van der Waals surface area contributed by atoms with Gasteiger partial charge in [0.1, 0.15) is 0 Å². The molecule has 98 valence electrons. The lowest BCUT2D eigenvalue weighted by Crippen LogP contribution is -2.16. The van der Waals surface area contributed by atoms with Gasteiger partial charge in [0.05, 0.1) is 22.3 Å². The highest BCUT2D eigenvalue weighted by Gasteiger charge is 2.03. The van der Waals surface area contributed by atoms with Gasteiger partial charge >= 0.3 is 0 Å². The van der Waals surface area contributed by atoms with Crippen LogP contribution in [0.4, 0.5) is 0 Å². The number of nitrogens with one attached hydrogen (secondary N) is 1. The van der Waals surface area contributed by atoms with Gasteiger partial charge < -0.3 is 5.32 Å². The van der Waals surface area contributed by atoms with Crippen LogP contribution in [0.1, 0.15) is 26.7 Å². The summed E-state index contributed by atoms with van der Waals surface area (Å²) < 4.78 is 0. The lowest BCUT2D eigenvalue weighted by atomic mass is 10.1. The Balaban J connectivity index is 1.77. The van der Waals surface area contributed by atoms with Crippen LogP contribution in [0.5, 0.6) is 0 Å². The van der Waals surface area contributed by atoms with Crippen molar-refractivity contribution < 1.29 is 0 Å². The van der Waals surface area contributed by atoms with Crippen molar-refractivity contribution in [3.05, 3.63) is 51.0 Å². The monoisotopic (exact) mass is 271 g/mol. The molecule has 3 nitrogen and oxygen atoms in total. The van der Waals surface area contributed by atoms with Gasteiger partial charge in [0.15, 0.2) is 0 Å². The second-order valence-electron chi connectivity index (χ2n) is 4.48. The smallest absolute Gasteiger partial charge is 0.0991 e. The second-order valence-corrected chi connectivity index (χ2v) is 5.76. The van der Waals surface area contributed by atoms with E-state index >= 15 is 0 Å². The fourth-order valence-electron chi connectivity index (χ4n) is 1.94. The molecule has 1 N–H and O–H groups in total. The fraction of sp³-hybridized carbons (Fsp3) is 0.333. The predicted octanol–water partition coefficient (Wildman–Crippen LogP) is 2.96. The molecular formula is C15H17N3S. The Morgan fingerprint density at radius 1 is 1.26 bits per heavy atom. The van der Waals surface area contributed by atoms with Gasteiger partial charge in [-0.25, -0.2) is 4.98 Å². The highest BCUT2D eigenvalue weighted by Crippen LogP contribution is 2.17. The van der Waals surface area contributed by atoms with E-state index in [2.05, 4.69) is 23.3 Å². The summed E-state index contributed by atoms with van der Waals surface area (Å²) in [5.74, 6) is 0. The molecule has 1 aromatic carbocycles. The Morgan fingerprint density at radius 2 is 2.00 bits per heavy atom. The Kier molecular flexibility index (Phi) is 4.67. The molecule has 1 aromatic heterocycles. The first-order valence-electron chi connectivity index (χ1n) is 6.31. The third kappa shape index (κ3) is 3.88. The van der Waals surface area contributed by atoms with Crippen LogP contribution in [0, 0.1) is 25.2 Å². The molecule has 19 heavy (non-hydrogen) atoms. The third-order valence-corrected chi connectivity index (χ3v) is 4.07. The van der Waals surface area contributed by atoms with E-state index in [1.54, 1.807) is 11.3 Å². The van der Waals surface area contributed by atoms with Crippen molar-refractivity contribution in [2.24, 2.45) is 0 Å². The average Bonchev–Trinajstić information content (AvgIpc) is 2.74. The van der Waals surface area contributed by atoms with Crippen LogP contribution in [-0.4, -0.2) is 11.5 Å². The molecule has 1 heterocycles. The number of aromatic nitrogens is 1. The standard InChI is InChI=1S/C15H17N3S/c1-11-15(19-12(2)18-11)7-8-17-10-14-5-3-13(9-16)4-6-14/h3-6,17H,7-8,10H2,1-2H3. The molecular weight excluding hydrogens is 254 g/mol. The molecule has 4 heteroatoms. The SMILES string of the molecule is Cc1nc(C)c(CCNCc2ccc(C#N)cc2)s1. The number of aryl methyl sites for hydroxylation is 2. The normalized spacial score (nSPS) is 10.4. The van der Waals surface area contributed by atoms with Crippen LogP contribution in [-0.2, 0) is 13.0 Å². The van der Waals surface area contributed by atoms with Gasteiger partial charge in [-0.05, 0) is 38.0 Å². The number of hydrogen-bond donors (Lipinski definition) is 1. The summed E-state index contributed by atoms with van der Waals surface area (Å²) in [5, 5.41) is 13.3. The minimum Gasteiger partial charge on any atom is -0.312 e. The zero-order chi connectivity index (χ0) is 13.7. The van der Waals surface area contributed by atoms with E-state index in [0.29, 0.717) is 5.56 Å². The van der Waals surface area contributed by atoms with Crippen LogP contribution in [0.2, 0.25) is 0 Å². The van der Waals surface area contributed by atoms with E-state index in [1.807, 2.05) is 31.2 Å². The molecule has 0 fully saturated rings. The first-order chi connectivity index (χ1) is 9.19. The van der Waals surface area contributed by atoms with Crippen molar-refractivity contribution in [3.8, 4) is 6.07 Å². The quantitative estimate of drug-likeness (QED) is 0.851. The zero-order valence-electron chi connectivity index (χ0n) is 11.2. The van der Waals surface area contributed by atoms with E-state index in [-0.39, 0.29) is 0 Å². The fourth-order valence-corrected chi connectivity index (χ4v) is 2.87. The van der Waals surface area contributed by atoms with Crippen LogP contribution in [0.15, 0.2) is 24.3 Å². The first-order valence-corrected chi connectivity index (χ1v) is 7.13. The van der Waals surface area contributed by atoms with Gasteiger partial charge in [-0.3, -0.25) is 0 Å². The molecule has 0 unspecified atom stereocenters. The lowest BCUT2D eigenvalue weighted by molar-refractivity contribution is 0.689. The van der Waals surface area contributed by atoms with E-state index < -0.39 is 0 Å². The number of nitrogens with zero attached hydrogens (tertiary/aromatic N) is 2. The summed E-state index contributed by atoms with van der Waals surface area (Å²) in [4.78, 5) is 5.79. The van der Waals surface area contributed by atoms with E-state index in [0.717, 1.165) is 30.2 Å². The second kappa shape index (κ2) is 6.46. The van der Waals surface area contributed by atoms with E-state index in [4.69, 9.17) is 5.26 Å². The maximum atomic E-state index is 8.73. The summed E-state index contributed by atoms with van der Waals surface area (Å²) in [7, 11) is 0. The van der Waals surface area contributed by atoms with Gasteiger partial charge in [0.25, 0.3) is 0 Å².